The zero-order valence-electron chi connectivity index (χ0n) is 11.0. The number of benzene rings is 2. The van der Waals surface area contributed by atoms with E-state index in [0.717, 1.165) is 5.56 Å². The van der Waals surface area contributed by atoms with Crippen LogP contribution in [0.15, 0.2) is 36.4 Å². The van der Waals surface area contributed by atoms with Crippen LogP contribution in [0.25, 0.3) is 0 Å². The maximum absolute atomic E-state index is 12.3. The first-order valence-electron chi connectivity index (χ1n) is 5.99. The molecule has 108 valence electrons. The molecule has 1 amide bonds. The van der Waals surface area contributed by atoms with Crippen molar-refractivity contribution in [3.63, 3.8) is 0 Å². The van der Waals surface area contributed by atoms with Crippen LogP contribution in [-0.4, -0.2) is 17.0 Å². The van der Waals surface area contributed by atoms with Crippen molar-refractivity contribution in [1.29, 1.82) is 0 Å². The van der Waals surface area contributed by atoms with Gasteiger partial charge in [0.05, 0.1) is 16.3 Å². The van der Waals surface area contributed by atoms with E-state index in [1.54, 1.807) is 19.1 Å². The van der Waals surface area contributed by atoms with Crippen LogP contribution >= 0.6 is 23.2 Å². The predicted molar refractivity (Wildman–Crippen MR) is 82.6 cm³/mol. The van der Waals surface area contributed by atoms with E-state index in [1.165, 1.54) is 24.3 Å². The molecule has 0 aliphatic carbocycles. The van der Waals surface area contributed by atoms with Gasteiger partial charge >= 0.3 is 5.97 Å². The molecule has 2 aromatic carbocycles. The minimum atomic E-state index is -1.17. The highest BCUT2D eigenvalue weighted by molar-refractivity contribution is 6.35. The van der Waals surface area contributed by atoms with E-state index in [4.69, 9.17) is 28.3 Å². The van der Waals surface area contributed by atoms with Crippen molar-refractivity contribution in [2.45, 2.75) is 6.92 Å². The van der Waals surface area contributed by atoms with Crippen LogP contribution in [-0.2, 0) is 0 Å². The van der Waals surface area contributed by atoms with Crippen LogP contribution in [0.2, 0.25) is 10.0 Å². The maximum Gasteiger partial charge on any atom is 0.337 e. The summed E-state index contributed by atoms with van der Waals surface area (Å²) in [7, 11) is 0. The highest BCUT2D eigenvalue weighted by atomic mass is 35.5. The first kappa shape index (κ1) is 15.4. The van der Waals surface area contributed by atoms with Crippen LogP contribution in [0.1, 0.15) is 26.3 Å². The standard InChI is InChI=1S/C15H11Cl2NO3/c1-8-5-6-9(16)7-11(8)14(19)18-13-10(15(20)21)3-2-4-12(13)17/h2-7H,1H3,(H,18,19)(H,20,21). The summed E-state index contributed by atoms with van der Waals surface area (Å²) in [6.45, 7) is 1.76. The molecule has 0 unspecified atom stereocenters. The van der Waals surface area contributed by atoms with Crippen LogP contribution in [0, 0.1) is 6.92 Å². The Hall–Kier alpha value is -2.04. The lowest BCUT2D eigenvalue weighted by atomic mass is 10.1. The number of hydrogen-bond acceptors (Lipinski definition) is 2. The van der Waals surface area contributed by atoms with Gasteiger partial charge in [-0.3, -0.25) is 4.79 Å². The van der Waals surface area contributed by atoms with Gasteiger partial charge in [0.15, 0.2) is 0 Å². The molecule has 0 radical (unpaired) electrons. The summed E-state index contributed by atoms with van der Waals surface area (Å²) < 4.78 is 0. The number of para-hydroxylation sites is 1. The fourth-order valence-electron chi connectivity index (χ4n) is 1.85. The van der Waals surface area contributed by atoms with Crippen molar-refractivity contribution in [1.82, 2.24) is 0 Å². The first-order valence-corrected chi connectivity index (χ1v) is 6.75. The number of carboxylic acid groups (broad SMARTS) is 1. The average Bonchev–Trinajstić information content (AvgIpc) is 2.43. The molecule has 0 aliphatic rings. The van der Waals surface area contributed by atoms with Crippen molar-refractivity contribution in [3.05, 3.63) is 63.1 Å². The third kappa shape index (κ3) is 3.35. The predicted octanol–water partition coefficient (Wildman–Crippen LogP) is 4.25. The number of carbonyl (C=O) groups is 2. The lowest BCUT2D eigenvalue weighted by Crippen LogP contribution is -2.16. The second kappa shape index (κ2) is 6.16. The zero-order chi connectivity index (χ0) is 15.6. The van der Waals surface area contributed by atoms with Crippen molar-refractivity contribution in [3.8, 4) is 0 Å². The number of aromatic carboxylic acids is 1. The Morgan fingerprint density at radius 3 is 2.48 bits per heavy atom. The SMILES string of the molecule is Cc1ccc(Cl)cc1C(=O)Nc1c(Cl)cccc1C(=O)O. The average molecular weight is 324 g/mol. The Labute approximate surface area is 131 Å². The lowest BCUT2D eigenvalue weighted by Gasteiger charge is -2.12. The molecule has 4 nitrogen and oxygen atoms in total. The van der Waals surface area contributed by atoms with Gasteiger partial charge in [0, 0.05) is 10.6 Å². The second-order valence-electron chi connectivity index (χ2n) is 4.38. The number of carbonyl (C=O) groups excluding carboxylic acids is 1. The number of aryl methyl sites for hydroxylation is 1. The topological polar surface area (TPSA) is 66.4 Å². The smallest absolute Gasteiger partial charge is 0.337 e. The first-order chi connectivity index (χ1) is 9.90. The van der Waals surface area contributed by atoms with Crippen LogP contribution in [0.5, 0.6) is 0 Å². The minimum Gasteiger partial charge on any atom is -0.478 e. The molecule has 0 spiro atoms. The van der Waals surface area contributed by atoms with E-state index in [2.05, 4.69) is 5.32 Å². The summed E-state index contributed by atoms with van der Waals surface area (Å²) in [6.07, 6.45) is 0. The molecule has 0 bridgehead atoms. The van der Waals surface area contributed by atoms with E-state index in [9.17, 15) is 9.59 Å². The van der Waals surface area contributed by atoms with Crippen LogP contribution < -0.4 is 5.32 Å². The Morgan fingerprint density at radius 1 is 1.10 bits per heavy atom. The Bertz CT molecular complexity index is 729. The van der Waals surface area contributed by atoms with E-state index in [-0.39, 0.29) is 16.3 Å². The summed E-state index contributed by atoms with van der Waals surface area (Å²) in [5.41, 5.74) is 1.08. The Balaban J connectivity index is 2.41. The van der Waals surface area contributed by atoms with E-state index < -0.39 is 11.9 Å². The molecular weight excluding hydrogens is 313 g/mol. The molecule has 2 N–H and O–H groups in total. The quantitative estimate of drug-likeness (QED) is 0.887. The van der Waals surface area contributed by atoms with Gasteiger partial charge in [0.2, 0.25) is 0 Å². The highest BCUT2D eigenvalue weighted by Gasteiger charge is 2.17. The number of halogens is 2. The van der Waals surface area contributed by atoms with Crippen molar-refractivity contribution < 1.29 is 14.7 Å². The molecular formula is C15H11Cl2NO3. The van der Waals surface area contributed by atoms with E-state index in [0.29, 0.717) is 10.6 Å². The molecule has 0 aliphatic heterocycles. The highest BCUT2D eigenvalue weighted by Crippen LogP contribution is 2.27. The molecule has 0 heterocycles. The molecule has 0 saturated heterocycles. The summed E-state index contributed by atoms with van der Waals surface area (Å²) in [4.78, 5) is 23.5. The van der Waals surface area contributed by atoms with Crippen molar-refractivity contribution in [2.75, 3.05) is 5.32 Å². The number of rotatable bonds is 3. The lowest BCUT2D eigenvalue weighted by molar-refractivity contribution is 0.0698. The molecule has 2 aromatic rings. The van der Waals surface area contributed by atoms with Gasteiger partial charge in [0.1, 0.15) is 0 Å². The van der Waals surface area contributed by atoms with E-state index in [1.807, 2.05) is 0 Å². The summed E-state index contributed by atoms with van der Waals surface area (Å²) in [6, 6.07) is 9.28. The third-order valence-corrected chi connectivity index (χ3v) is 3.48. The van der Waals surface area contributed by atoms with Gasteiger partial charge in [-0.25, -0.2) is 4.79 Å². The monoisotopic (exact) mass is 323 g/mol. The van der Waals surface area contributed by atoms with E-state index >= 15 is 0 Å². The van der Waals surface area contributed by atoms with Gasteiger partial charge in [-0.1, -0.05) is 35.3 Å². The molecule has 0 atom stereocenters. The molecule has 6 heteroatoms. The Morgan fingerprint density at radius 2 is 1.81 bits per heavy atom. The fraction of sp³-hybridized carbons (Fsp3) is 0.0667. The minimum absolute atomic E-state index is 0.0658. The fourth-order valence-corrected chi connectivity index (χ4v) is 2.24. The maximum atomic E-state index is 12.3. The number of hydrogen-bond donors (Lipinski definition) is 2. The summed E-state index contributed by atoms with van der Waals surface area (Å²) in [5, 5.41) is 12.3. The van der Waals surface area contributed by atoms with Gasteiger partial charge in [-0.15, -0.1) is 0 Å². The molecule has 0 aromatic heterocycles. The molecule has 0 fully saturated rings. The second-order valence-corrected chi connectivity index (χ2v) is 5.22. The molecule has 21 heavy (non-hydrogen) atoms. The normalized spacial score (nSPS) is 10.2. The molecule has 2 rings (SSSR count). The van der Waals surface area contributed by atoms with Crippen molar-refractivity contribution >= 4 is 40.8 Å². The number of carboxylic acids is 1. The largest absolute Gasteiger partial charge is 0.478 e. The Kier molecular flexibility index (Phi) is 4.50. The zero-order valence-corrected chi connectivity index (χ0v) is 12.5. The van der Waals surface area contributed by atoms with Gasteiger partial charge in [-0.05, 0) is 36.8 Å². The number of amides is 1. The number of anilines is 1. The van der Waals surface area contributed by atoms with Crippen LogP contribution in [0.4, 0.5) is 5.69 Å². The van der Waals surface area contributed by atoms with Gasteiger partial charge < -0.3 is 10.4 Å². The molecule has 0 saturated carbocycles. The summed E-state index contributed by atoms with van der Waals surface area (Å²) in [5.74, 6) is -1.64. The number of nitrogens with one attached hydrogen (secondary N) is 1. The summed E-state index contributed by atoms with van der Waals surface area (Å²) >= 11 is 11.8. The van der Waals surface area contributed by atoms with Gasteiger partial charge in [-0.2, -0.15) is 0 Å². The van der Waals surface area contributed by atoms with Crippen molar-refractivity contribution in [2.24, 2.45) is 0 Å². The third-order valence-electron chi connectivity index (χ3n) is 2.93. The van der Waals surface area contributed by atoms with Gasteiger partial charge in [0.25, 0.3) is 5.91 Å². The van der Waals surface area contributed by atoms with Crippen LogP contribution in [0.3, 0.4) is 0 Å².